The maximum Gasteiger partial charge on any atom is 0.319 e. The van der Waals surface area contributed by atoms with E-state index in [1.54, 1.807) is 23.9 Å². The van der Waals surface area contributed by atoms with E-state index in [1.165, 1.54) is 12.0 Å². The number of tetrazole rings is 1. The summed E-state index contributed by atoms with van der Waals surface area (Å²) in [5.74, 6) is 1.28. The zero-order valence-corrected chi connectivity index (χ0v) is 24.0. The third-order valence-corrected chi connectivity index (χ3v) is 8.32. The molecule has 3 heterocycles. The number of hydrogen-bond donors (Lipinski definition) is 3. The number of anilines is 1. The molecule has 0 saturated carbocycles. The van der Waals surface area contributed by atoms with Gasteiger partial charge in [-0.3, -0.25) is 4.90 Å². The Labute approximate surface area is 240 Å². The first kappa shape index (κ1) is 29.1. The van der Waals surface area contributed by atoms with Crippen molar-refractivity contribution in [2.75, 3.05) is 51.2 Å². The number of aliphatic hydroxyl groups excluding tert-OH is 1. The number of β-amino-alcohol motifs (C(OH)–C–C–N with tert-alkyl or cyclic N) is 1. The number of hydrogen-bond acceptors (Lipinski definition) is 7. The number of piperidine rings is 2. The number of rotatable bonds is 9. The molecule has 10 nitrogen and oxygen atoms in total. The molecule has 2 aliphatic heterocycles. The number of halogens is 1. The second-order valence-corrected chi connectivity index (χ2v) is 11.6. The Kier molecular flexibility index (Phi) is 9.58. The topological polar surface area (TPSA) is 111 Å². The van der Waals surface area contributed by atoms with Crippen molar-refractivity contribution in [2.24, 2.45) is 18.9 Å². The second kappa shape index (κ2) is 13.5. The van der Waals surface area contributed by atoms with Crippen LogP contribution in [-0.2, 0) is 13.5 Å². The minimum absolute atomic E-state index is 0.0417. The average Bonchev–Trinajstić information content (AvgIpc) is 3.37. The van der Waals surface area contributed by atoms with Crippen LogP contribution in [0.4, 0.5) is 14.9 Å². The summed E-state index contributed by atoms with van der Waals surface area (Å²) < 4.78 is 15.0. The van der Waals surface area contributed by atoms with Crippen molar-refractivity contribution in [3.05, 3.63) is 59.4 Å². The summed E-state index contributed by atoms with van der Waals surface area (Å²) in [4.78, 5) is 18.0. The number of nitrogens with zero attached hydrogens (tertiary/aromatic N) is 6. The van der Waals surface area contributed by atoms with Crippen LogP contribution in [0.5, 0.6) is 0 Å². The van der Waals surface area contributed by atoms with E-state index in [2.05, 4.69) is 36.0 Å². The molecule has 0 aliphatic carbocycles. The number of carbonyl (C=O) groups excluding carboxylic acids is 1. The third kappa shape index (κ3) is 7.87. The SMILES string of the molecule is Cc1cc(NC(=O)N[C@H]2CN(CCO)CC[C@H]2CN2CCC[C@@H](Cc3ccc(F)cc3)C2)cc(-c2nnnn2C)c1. The van der Waals surface area contributed by atoms with E-state index in [-0.39, 0.29) is 24.5 Å². The summed E-state index contributed by atoms with van der Waals surface area (Å²) in [6.45, 7) is 7.27. The number of benzene rings is 2. The lowest BCUT2D eigenvalue weighted by Gasteiger charge is -2.42. The number of nitrogens with one attached hydrogen (secondary N) is 2. The van der Waals surface area contributed by atoms with Crippen molar-refractivity contribution >= 4 is 11.7 Å². The van der Waals surface area contributed by atoms with Crippen molar-refractivity contribution in [1.82, 2.24) is 35.3 Å². The Morgan fingerprint density at radius 2 is 1.93 bits per heavy atom. The molecule has 41 heavy (non-hydrogen) atoms. The standard InChI is InChI=1S/C30H41FN8O2/c1-21-14-25(29-34-35-36-37(29)2)17-27(15-21)32-30(41)33-28-20-38(12-13-40)11-9-24(28)19-39-10-3-4-23(18-39)16-22-5-7-26(31)8-6-22/h5-8,14-15,17,23-24,28,40H,3-4,9-13,16,18-20H2,1-2H3,(H2,32,33,41)/t23-,24-,28-/m0/s1. The number of aryl methyl sites for hydroxylation is 2. The maximum absolute atomic E-state index is 13.4. The fourth-order valence-electron chi connectivity index (χ4n) is 6.36. The summed E-state index contributed by atoms with van der Waals surface area (Å²) in [6.07, 6.45) is 4.23. The third-order valence-electron chi connectivity index (χ3n) is 8.32. The van der Waals surface area contributed by atoms with Gasteiger partial charge in [-0.1, -0.05) is 12.1 Å². The second-order valence-electron chi connectivity index (χ2n) is 11.6. The average molecular weight is 565 g/mol. The van der Waals surface area contributed by atoms with Crippen LogP contribution in [0.15, 0.2) is 42.5 Å². The summed E-state index contributed by atoms with van der Waals surface area (Å²) in [7, 11) is 1.78. The van der Waals surface area contributed by atoms with Gasteiger partial charge in [0.2, 0.25) is 0 Å². The van der Waals surface area contributed by atoms with Gasteiger partial charge in [-0.15, -0.1) is 5.10 Å². The van der Waals surface area contributed by atoms with Gasteiger partial charge in [0.05, 0.1) is 6.61 Å². The Hall–Kier alpha value is -3.41. The van der Waals surface area contributed by atoms with Gasteiger partial charge in [0.15, 0.2) is 5.82 Å². The van der Waals surface area contributed by atoms with E-state index in [9.17, 15) is 14.3 Å². The highest BCUT2D eigenvalue weighted by Crippen LogP contribution is 2.26. The number of aromatic nitrogens is 4. The molecule has 11 heteroatoms. The zero-order valence-electron chi connectivity index (χ0n) is 24.0. The molecule has 3 atom stereocenters. The molecule has 1 aromatic heterocycles. The Balaban J connectivity index is 1.22. The van der Waals surface area contributed by atoms with Gasteiger partial charge < -0.3 is 20.6 Å². The van der Waals surface area contributed by atoms with Gasteiger partial charge in [-0.25, -0.2) is 13.9 Å². The van der Waals surface area contributed by atoms with E-state index in [1.807, 2.05) is 37.3 Å². The van der Waals surface area contributed by atoms with Crippen LogP contribution in [0.2, 0.25) is 0 Å². The fourth-order valence-corrected chi connectivity index (χ4v) is 6.36. The van der Waals surface area contributed by atoms with Crippen molar-refractivity contribution in [1.29, 1.82) is 0 Å². The molecule has 0 spiro atoms. The van der Waals surface area contributed by atoms with E-state index < -0.39 is 0 Å². The smallest absolute Gasteiger partial charge is 0.319 e. The maximum atomic E-state index is 13.4. The molecule has 5 rings (SSSR count). The van der Waals surface area contributed by atoms with E-state index >= 15 is 0 Å². The van der Waals surface area contributed by atoms with Gasteiger partial charge in [-0.2, -0.15) is 0 Å². The molecule has 2 amide bonds. The van der Waals surface area contributed by atoms with E-state index in [4.69, 9.17) is 0 Å². The predicted molar refractivity (Wildman–Crippen MR) is 156 cm³/mol. The van der Waals surface area contributed by atoms with Crippen LogP contribution in [0.25, 0.3) is 11.4 Å². The van der Waals surface area contributed by atoms with Crippen LogP contribution in [0, 0.1) is 24.6 Å². The minimum Gasteiger partial charge on any atom is -0.395 e. The molecule has 2 aromatic carbocycles. The molecule has 2 fully saturated rings. The first-order chi connectivity index (χ1) is 19.9. The van der Waals surface area contributed by atoms with Crippen LogP contribution >= 0.6 is 0 Å². The Bertz CT molecular complexity index is 1300. The largest absolute Gasteiger partial charge is 0.395 e. The Morgan fingerprint density at radius 1 is 1.10 bits per heavy atom. The van der Waals surface area contributed by atoms with Crippen LogP contribution in [0.1, 0.15) is 30.4 Å². The molecule has 2 saturated heterocycles. The monoisotopic (exact) mass is 564 g/mol. The highest BCUT2D eigenvalue weighted by Gasteiger charge is 2.33. The van der Waals surface area contributed by atoms with Crippen LogP contribution < -0.4 is 10.6 Å². The fraction of sp³-hybridized carbons (Fsp3) is 0.533. The lowest BCUT2D eigenvalue weighted by molar-refractivity contribution is 0.0814. The van der Waals surface area contributed by atoms with Gasteiger partial charge in [0, 0.05) is 50.5 Å². The van der Waals surface area contributed by atoms with Crippen LogP contribution in [0.3, 0.4) is 0 Å². The Morgan fingerprint density at radius 3 is 2.68 bits per heavy atom. The normalized spacial score (nSPS) is 22.0. The van der Waals surface area contributed by atoms with E-state index in [0.29, 0.717) is 36.4 Å². The number of likely N-dealkylation sites (tertiary alicyclic amines) is 2. The lowest BCUT2D eigenvalue weighted by Crippen LogP contribution is -2.56. The van der Waals surface area contributed by atoms with Gasteiger partial charge in [0.1, 0.15) is 5.82 Å². The predicted octanol–water partition coefficient (Wildman–Crippen LogP) is 3.08. The lowest BCUT2D eigenvalue weighted by atomic mass is 9.87. The van der Waals surface area contributed by atoms with Crippen LogP contribution in [-0.4, -0.2) is 93.1 Å². The molecule has 0 bridgehead atoms. The zero-order chi connectivity index (χ0) is 28.8. The molecule has 3 aromatic rings. The number of urea groups is 1. The van der Waals surface area contributed by atoms with Gasteiger partial charge in [0.25, 0.3) is 0 Å². The van der Waals surface area contributed by atoms with Crippen molar-refractivity contribution in [3.8, 4) is 11.4 Å². The quantitative estimate of drug-likeness (QED) is 0.366. The van der Waals surface area contributed by atoms with Gasteiger partial charge >= 0.3 is 6.03 Å². The molecule has 0 radical (unpaired) electrons. The summed E-state index contributed by atoms with van der Waals surface area (Å²) in [6, 6.07) is 12.4. The number of aliphatic hydroxyl groups is 1. The highest BCUT2D eigenvalue weighted by molar-refractivity contribution is 5.90. The first-order valence-electron chi connectivity index (χ1n) is 14.6. The molecule has 0 unspecified atom stereocenters. The number of carbonyl (C=O) groups is 1. The molecule has 3 N–H and O–H groups in total. The molecular formula is C30H41FN8O2. The van der Waals surface area contributed by atoms with E-state index in [0.717, 1.165) is 56.6 Å². The van der Waals surface area contributed by atoms with Crippen molar-refractivity contribution < 1.29 is 14.3 Å². The van der Waals surface area contributed by atoms with Crippen molar-refractivity contribution in [3.63, 3.8) is 0 Å². The summed E-state index contributed by atoms with van der Waals surface area (Å²) in [5, 5.41) is 27.5. The highest BCUT2D eigenvalue weighted by atomic mass is 19.1. The molecule has 220 valence electrons. The van der Waals surface area contributed by atoms with Gasteiger partial charge in [-0.05, 0) is 109 Å². The summed E-state index contributed by atoms with van der Waals surface area (Å²) in [5.41, 5.74) is 3.68. The molecular weight excluding hydrogens is 523 g/mol. The minimum atomic E-state index is -0.244. The number of amides is 2. The first-order valence-corrected chi connectivity index (χ1v) is 14.6. The molecule has 2 aliphatic rings. The summed E-state index contributed by atoms with van der Waals surface area (Å²) >= 11 is 0. The van der Waals surface area contributed by atoms with Crippen molar-refractivity contribution in [2.45, 2.75) is 38.6 Å².